The number of aromatic amines is 1. The third-order valence-electron chi connectivity index (χ3n) is 5.17. The Morgan fingerprint density at radius 1 is 1.23 bits per heavy atom. The van der Waals surface area contributed by atoms with Crippen molar-refractivity contribution < 1.29 is 32.8 Å². The number of fused-ring (bicyclic) bond motifs is 1. The third-order valence-corrected chi connectivity index (χ3v) is 7.15. The summed E-state index contributed by atoms with van der Waals surface area (Å²) >= 11 is 0. The number of nitrogens with zero attached hydrogens (tertiary/aromatic N) is 2. The molecule has 0 saturated heterocycles. The first-order valence-electron chi connectivity index (χ1n) is 10.8. The van der Waals surface area contributed by atoms with E-state index in [0.717, 1.165) is 0 Å². The second-order valence-corrected chi connectivity index (χ2v) is 10.0. The van der Waals surface area contributed by atoms with Crippen molar-refractivity contribution in [3.8, 4) is 23.0 Å². The highest BCUT2D eigenvalue weighted by molar-refractivity contribution is 8.22. The number of benzene rings is 2. The summed E-state index contributed by atoms with van der Waals surface area (Å²) in [6, 6.07) is 11.2. The van der Waals surface area contributed by atoms with Crippen LogP contribution in [0.3, 0.4) is 0 Å². The lowest BCUT2D eigenvalue weighted by Crippen LogP contribution is -2.25. The van der Waals surface area contributed by atoms with E-state index in [1.807, 2.05) is 6.92 Å². The maximum Gasteiger partial charge on any atom is 0.257 e. The van der Waals surface area contributed by atoms with Crippen LogP contribution in [-0.4, -0.2) is 69.5 Å². The van der Waals surface area contributed by atoms with Crippen LogP contribution in [0.2, 0.25) is 0 Å². The van der Waals surface area contributed by atoms with E-state index in [4.69, 9.17) is 18.9 Å². The van der Waals surface area contributed by atoms with Gasteiger partial charge in [0.25, 0.3) is 5.91 Å². The van der Waals surface area contributed by atoms with E-state index in [1.54, 1.807) is 62.8 Å². The molecule has 4 rings (SSSR count). The van der Waals surface area contributed by atoms with Crippen molar-refractivity contribution in [3.05, 3.63) is 54.2 Å². The summed E-state index contributed by atoms with van der Waals surface area (Å²) in [7, 11) is 0.0518. The number of anilines is 1. The van der Waals surface area contributed by atoms with Crippen LogP contribution in [0.5, 0.6) is 23.0 Å². The normalized spacial score (nSPS) is 16.8. The molecule has 2 heterocycles. The second-order valence-electron chi connectivity index (χ2n) is 7.92. The molecule has 0 bridgehead atoms. The summed E-state index contributed by atoms with van der Waals surface area (Å²) in [6.07, 6.45) is 1.34. The predicted molar refractivity (Wildman–Crippen MR) is 131 cm³/mol. The van der Waals surface area contributed by atoms with Crippen LogP contribution in [0.1, 0.15) is 17.3 Å². The van der Waals surface area contributed by atoms with Gasteiger partial charge in [0.15, 0.2) is 5.82 Å². The van der Waals surface area contributed by atoms with Gasteiger partial charge in [0.2, 0.25) is 0 Å². The van der Waals surface area contributed by atoms with Gasteiger partial charge in [0.05, 0.1) is 13.2 Å². The van der Waals surface area contributed by atoms with Crippen LogP contribution in [0.25, 0.3) is 0 Å². The number of aromatic nitrogens is 2. The number of H-pyrrole nitrogens is 1. The zero-order chi connectivity index (χ0) is 25.0. The Morgan fingerprint density at radius 2 is 2.03 bits per heavy atom. The smallest absolute Gasteiger partial charge is 0.257 e. The lowest BCUT2D eigenvalue weighted by Gasteiger charge is -2.38. The van der Waals surface area contributed by atoms with Crippen LogP contribution in [0.4, 0.5) is 5.82 Å². The number of methoxy groups -OCH3 is 1. The van der Waals surface area contributed by atoms with Gasteiger partial charge < -0.3 is 24.3 Å². The summed E-state index contributed by atoms with van der Waals surface area (Å²) in [5.74, 6) is 1.46. The number of nitrogens with one attached hydrogen (secondary N) is 2. The minimum atomic E-state index is -3.16. The SMILES string of the molecule is COC[C@H](C)Oc1cc(Oc2ccc3c(c2)OCCN(C)S3(O)O)cc(C(=O)Nc2cc[nH]n2)c1. The third kappa shape index (κ3) is 5.86. The molecular weight excluding hydrogens is 476 g/mol. The molecule has 3 aromatic rings. The lowest BCUT2D eigenvalue weighted by molar-refractivity contribution is 0.0915. The molecule has 0 aliphatic carbocycles. The fourth-order valence-electron chi connectivity index (χ4n) is 3.46. The molecule has 1 aromatic heterocycles. The molecule has 1 atom stereocenters. The van der Waals surface area contributed by atoms with E-state index in [9.17, 15) is 13.9 Å². The Morgan fingerprint density at radius 3 is 2.77 bits per heavy atom. The Balaban J connectivity index is 1.63. The molecule has 1 aliphatic rings. The van der Waals surface area contributed by atoms with Gasteiger partial charge in [-0.05, 0) is 31.2 Å². The Hall–Kier alpha value is -3.29. The average molecular weight is 505 g/mol. The number of rotatable bonds is 8. The van der Waals surface area contributed by atoms with Crippen LogP contribution in [0.15, 0.2) is 53.6 Å². The van der Waals surface area contributed by atoms with Crippen molar-refractivity contribution in [1.82, 2.24) is 14.5 Å². The van der Waals surface area contributed by atoms with Gasteiger partial charge in [-0.1, -0.05) is 0 Å². The van der Waals surface area contributed by atoms with Crippen molar-refractivity contribution in [2.45, 2.75) is 17.9 Å². The van der Waals surface area contributed by atoms with E-state index in [-0.39, 0.29) is 11.0 Å². The molecule has 0 saturated carbocycles. The van der Waals surface area contributed by atoms with Crippen LogP contribution in [0, 0.1) is 0 Å². The first-order chi connectivity index (χ1) is 16.8. The largest absolute Gasteiger partial charge is 0.490 e. The number of hydrogen-bond donors (Lipinski definition) is 4. The average Bonchev–Trinajstić information content (AvgIpc) is 3.28. The fraction of sp³-hybridized carbons (Fsp3) is 0.304. The highest BCUT2D eigenvalue weighted by atomic mass is 32.3. The Labute approximate surface area is 204 Å². The van der Waals surface area contributed by atoms with Crippen molar-refractivity contribution in [2.24, 2.45) is 0 Å². The van der Waals surface area contributed by atoms with Crippen LogP contribution in [-0.2, 0) is 4.74 Å². The monoisotopic (exact) mass is 504 g/mol. The standard InChI is InChI=1S/C23H28N4O7S/c1-15(14-31-3)33-18-10-16(23(28)25-22-6-7-24-26-22)11-19(12-18)34-17-4-5-21-20(13-17)32-9-8-27(2)35(21,29)30/h4-7,10-13,15,29-30H,8-9,14H2,1-3H3,(H2,24,25,26,28)/t15-/m0/s1. The minimum Gasteiger partial charge on any atom is -0.490 e. The maximum absolute atomic E-state index is 12.8. The number of likely N-dealkylation sites (N-methyl/N-ethyl adjacent to an activating group) is 1. The summed E-state index contributed by atoms with van der Waals surface area (Å²) in [5.41, 5.74) is 0.298. The number of carbonyl (C=O) groups excluding carboxylic acids is 1. The molecule has 12 heteroatoms. The fourth-order valence-corrected chi connectivity index (χ4v) is 4.76. The highest BCUT2D eigenvalue weighted by Gasteiger charge is 2.29. The molecule has 35 heavy (non-hydrogen) atoms. The van der Waals surface area contributed by atoms with Gasteiger partial charge in [-0.3, -0.25) is 19.0 Å². The zero-order valence-electron chi connectivity index (χ0n) is 19.6. The molecule has 4 N–H and O–H groups in total. The molecule has 0 unspecified atom stereocenters. The molecule has 2 aromatic carbocycles. The van der Waals surface area contributed by atoms with Gasteiger partial charge in [-0.2, -0.15) is 5.10 Å². The first kappa shape index (κ1) is 24.8. The van der Waals surface area contributed by atoms with E-state index in [1.165, 1.54) is 4.31 Å². The van der Waals surface area contributed by atoms with Crippen LogP contribution < -0.4 is 19.5 Å². The zero-order valence-corrected chi connectivity index (χ0v) is 20.4. The highest BCUT2D eigenvalue weighted by Crippen LogP contribution is 2.56. The number of hydrogen-bond acceptors (Lipinski definition) is 9. The minimum absolute atomic E-state index is 0.263. The van der Waals surface area contributed by atoms with Crippen molar-refractivity contribution in [1.29, 1.82) is 0 Å². The van der Waals surface area contributed by atoms with Gasteiger partial charge in [-0.15, -0.1) is 10.8 Å². The van der Waals surface area contributed by atoms with Crippen molar-refractivity contribution in [3.63, 3.8) is 0 Å². The quantitative estimate of drug-likeness (QED) is 0.355. The van der Waals surface area contributed by atoms with E-state index in [0.29, 0.717) is 54.1 Å². The van der Waals surface area contributed by atoms with E-state index in [2.05, 4.69) is 15.5 Å². The van der Waals surface area contributed by atoms with E-state index < -0.39 is 16.7 Å². The maximum atomic E-state index is 12.8. The van der Waals surface area contributed by atoms with Crippen molar-refractivity contribution >= 4 is 22.5 Å². The van der Waals surface area contributed by atoms with Gasteiger partial charge >= 0.3 is 0 Å². The summed E-state index contributed by atoms with van der Waals surface area (Å²) in [6.45, 7) is 2.87. The predicted octanol–water partition coefficient (Wildman–Crippen LogP) is 4.22. The molecule has 0 fully saturated rings. The van der Waals surface area contributed by atoms with Gasteiger partial charge in [0, 0.05) is 44.1 Å². The van der Waals surface area contributed by atoms with E-state index >= 15 is 0 Å². The van der Waals surface area contributed by atoms with Crippen molar-refractivity contribution in [2.75, 3.05) is 39.2 Å². The molecule has 0 spiro atoms. The second kappa shape index (κ2) is 10.5. The summed E-state index contributed by atoms with van der Waals surface area (Å²) < 4.78 is 45.4. The number of carbonyl (C=O) groups is 1. The first-order valence-corrected chi connectivity index (χ1v) is 12.3. The molecule has 1 amide bonds. The molecule has 0 radical (unpaired) electrons. The topological polar surface area (TPSA) is 138 Å². The van der Waals surface area contributed by atoms with Crippen LogP contribution >= 0.6 is 10.8 Å². The van der Waals surface area contributed by atoms with Gasteiger partial charge in [0.1, 0.15) is 40.6 Å². The molecule has 1 aliphatic heterocycles. The number of ether oxygens (including phenoxy) is 4. The number of amides is 1. The van der Waals surface area contributed by atoms with Gasteiger partial charge in [-0.25, -0.2) is 4.31 Å². The Bertz CT molecular complexity index is 1170. The summed E-state index contributed by atoms with van der Waals surface area (Å²) in [5, 5.41) is 9.29. The molecule has 11 nitrogen and oxygen atoms in total. The Kier molecular flexibility index (Phi) is 7.48. The molecular formula is C23H28N4O7S. The molecule has 188 valence electrons. The summed E-state index contributed by atoms with van der Waals surface area (Å²) in [4.78, 5) is 13.1. The lowest BCUT2D eigenvalue weighted by atomic mass is 10.2.